The van der Waals surface area contributed by atoms with Crippen molar-refractivity contribution in [3.8, 4) is 11.8 Å². The first kappa shape index (κ1) is 9.57. The van der Waals surface area contributed by atoms with Crippen molar-refractivity contribution in [2.75, 3.05) is 13.7 Å². The molecular formula is C10H17NO. The molecule has 1 aliphatic rings. The maximum absolute atomic E-state index is 8.51. The third-order valence-electron chi connectivity index (χ3n) is 2.52. The van der Waals surface area contributed by atoms with Crippen molar-refractivity contribution in [1.29, 1.82) is 0 Å². The summed E-state index contributed by atoms with van der Waals surface area (Å²) in [5, 5.41) is 11.8. The molecule has 2 N–H and O–H groups in total. The van der Waals surface area contributed by atoms with Gasteiger partial charge in [-0.3, -0.25) is 0 Å². The van der Waals surface area contributed by atoms with Gasteiger partial charge in [0.1, 0.15) is 6.61 Å². The first-order valence-corrected chi connectivity index (χ1v) is 4.63. The Bertz CT molecular complexity index is 172. The van der Waals surface area contributed by atoms with E-state index < -0.39 is 0 Å². The third-order valence-corrected chi connectivity index (χ3v) is 2.52. The number of hydrogen-bond acceptors (Lipinski definition) is 2. The molecule has 68 valence electrons. The Morgan fingerprint density at radius 3 is 2.50 bits per heavy atom. The number of hydrogen-bond donors (Lipinski definition) is 2. The second-order valence-electron chi connectivity index (χ2n) is 3.32. The topological polar surface area (TPSA) is 32.3 Å². The lowest BCUT2D eigenvalue weighted by molar-refractivity contribution is 0.342. The monoisotopic (exact) mass is 167 g/mol. The Morgan fingerprint density at radius 1 is 1.33 bits per heavy atom. The SMILES string of the molecule is CN[C@H]1CC[C@H](C#CCO)CC1. The largest absolute Gasteiger partial charge is 0.384 e. The van der Waals surface area contributed by atoms with Gasteiger partial charge in [0.25, 0.3) is 0 Å². The van der Waals surface area contributed by atoms with Gasteiger partial charge >= 0.3 is 0 Å². The molecule has 0 radical (unpaired) electrons. The number of aliphatic hydroxyl groups excluding tert-OH is 1. The summed E-state index contributed by atoms with van der Waals surface area (Å²) < 4.78 is 0. The zero-order valence-corrected chi connectivity index (χ0v) is 7.64. The van der Waals surface area contributed by atoms with Crippen molar-refractivity contribution < 1.29 is 5.11 Å². The van der Waals surface area contributed by atoms with Gasteiger partial charge in [0.05, 0.1) is 0 Å². The molecular weight excluding hydrogens is 150 g/mol. The Labute approximate surface area is 74.4 Å². The summed E-state index contributed by atoms with van der Waals surface area (Å²) in [5.41, 5.74) is 0. The first-order valence-electron chi connectivity index (χ1n) is 4.63. The fraction of sp³-hybridized carbons (Fsp3) is 0.800. The van der Waals surface area contributed by atoms with Gasteiger partial charge in [0, 0.05) is 12.0 Å². The summed E-state index contributed by atoms with van der Waals surface area (Å²) in [4.78, 5) is 0. The van der Waals surface area contributed by atoms with Crippen molar-refractivity contribution in [2.24, 2.45) is 5.92 Å². The second kappa shape index (κ2) is 5.18. The van der Waals surface area contributed by atoms with Crippen molar-refractivity contribution in [3.63, 3.8) is 0 Å². The van der Waals surface area contributed by atoms with Crippen LogP contribution < -0.4 is 5.32 Å². The average Bonchev–Trinajstić information content (AvgIpc) is 2.15. The van der Waals surface area contributed by atoms with Crippen LogP contribution in [0.1, 0.15) is 25.7 Å². The predicted octanol–water partition coefficient (Wildman–Crippen LogP) is 0.760. The molecule has 0 saturated heterocycles. The molecule has 1 aliphatic carbocycles. The standard InChI is InChI=1S/C10H17NO/c1-11-10-6-4-9(5-7-10)3-2-8-12/h9-12H,4-8H2,1H3/t9-,10-. The van der Waals surface area contributed by atoms with E-state index in [1.807, 2.05) is 7.05 Å². The zero-order chi connectivity index (χ0) is 8.81. The zero-order valence-electron chi connectivity index (χ0n) is 7.64. The summed E-state index contributed by atoms with van der Waals surface area (Å²) >= 11 is 0. The van der Waals surface area contributed by atoms with Gasteiger partial charge in [0.15, 0.2) is 0 Å². The number of nitrogens with one attached hydrogen (secondary N) is 1. The van der Waals surface area contributed by atoms with Crippen LogP contribution in [0.15, 0.2) is 0 Å². The van der Waals surface area contributed by atoms with Gasteiger partial charge in [0.2, 0.25) is 0 Å². The predicted molar refractivity (Wildman–Crippen MR) is 49.7 cm³/mol. The third kappa shape index (κ3) is 2.84. The fourth-order valence-electron chi connectivity index (χ4n) is 1.72. The molecule has 0 bridgehead atoms. The summed E-state index contributed by atoms with van der Waals surface area (Å²) in [5.74, 6) is 6.35. The van der Waals surface area contributed by atoms with Gasteiger partial charge in [-0.05, 0) is 32.7 Å². The van der Waals surface area contributed by atoms with E-state index in [0.717, 1.165) is 0 Å². The Morgan fingerprint density at radius 2 is 2.00 bits per heavy atom. The van der Waals surface area contributed by atoms with Crippen LogP contribution >= 0.6 is 0 Å². The molecule has 1 fully saturated rings. The molecule has 1 rings (SSSR count). The highest BCUT2D eigenvalue weighted by atomic mass is 16.2. The average molecular weight is 167 g/mol. The van der Waals surface area contributed by atoms with E-state index in [0.29, 0.717) is 12.0 Å². The molecule has 0 unspecified atom stereocenters. The number of aliphatic hydroxyl groups is 1. The molecule has 2 heteroatoms. The van der Waals surface area contributed by atoms with Crippen LogP contribution in [0, 0.1) is 17.8 Å². The smallest absolute Gasteiger partial charge is 0.104 e. The van der Waals surface area contributed by atoms with Gasteiger partial charge in [-0.1, -0.05) is 11.8 Å². The lowest BCUT2D eigenvalue weighted by Crippen LogP contribution is -2.29. The summed E-state index contributed by atoms with van der Waals surface area (Å²) in [6, 6.07) is 0.692. The van der Waals surface area contributed by atoms with Crippen LogP contribution in [-0.4, -0.2) is 24.8 Å². The van der Waals surface area contributed by atoms with Gasteiger partial charge in [-0.2, -0.15) is 0 Å². The van der Waals surface area contributed by atoms with Crippen LogP contribution in [0.25, 0.3) is 0 Å². The normalized spacial score (nSPS) is 29.2. The molecule has 12 heavy (non-hydrogen) atoms. The fourth-order valence-corrected chi connectivity index (χ4v) is 1.72. The lowest BCUT2D eigenvalue weighted by Gasteiger charge is -2.24. The van der Waals surface area contributed by atoms with Crippen LogP contribution in [0.2, 0.25) is 0 Å². The first-order chi connectivity index (χ1) is 5.86. The molecule has 0 heterocycles. The summed E-state index contributed by atoms with van der Waals surface area (Å²) in [6.07, 6.45) is 4.81. The minimum Gasteiger partial charge on any atom is -0.384 e. The molecule has 0 atom stereocenters. The van der Waals surface area contributed by atoms with E-state index in [4.69, 9.17) is 5.11 Å². The van der Waals surface area contributed by atoms with E-state index in [1.54, 1.807) is 0 Å². The Balaban J connectivity index is 2.26. The molecule has 0 aliphatic heterocycles. The van der Waals surface area contributed by atoms with E-state index in [9.17, 15) is 0 Å². The van der Waals surface area contributed by atoms with Gasteiger partial charge in [-0.25, -0.2) is 0 Å². The Kier molecular flexibility index (Phi) is 4.13. The molecule has 0 amide bonds. The van der Waals surface area contributed by atoms with Crippen LogP contribution in [0.4, 0.5) is 0 Å². The second-order valence-corrected chi connectivity index (χ2v) is 3.32. The highest BCUT2D eigenvalue weighted by Crippen LogP contribution is 2.23. The molecule has 0 aromatic heterocycles. The Hall–Kier alpha value is -0.520. The quantitative estimate of drug-likeness (QED) is 0.565. The maximum atomic E-state index is 8.51. The maximum Gasteiger partial charge on any atom is 0.104 e. The minimum atomic E-state index is 0.00591. The minimum absolute atomic E-state index is 0.00591. The number of rotatable bonds is 1. The van der Waals surface area contributed by atoms with E-state index >= 15 is 0 Å². The molecule has 0 aromatic rings. The van der Waals surface area contributed by atoms with Crippen molar-refractivity contribution in [3.05, 3.63) is 0 Å². The van der Waals surface area contributed by atoms with Crippen molar-refractivity contribution >= 4 is 0 Å². The highest BCUT2D eigenvalue weighted by molar-refractivity contribution is 5.05. The molecule has 0 spiro atoms. The highest BCUT2D eigenvalue weighted by Gasteiger charge is 2.17. The van der Waals surface area contributed by atoms with Gasteiger partial charge < -0.3 is 10.4 Å². The van der Waals surface area contributed by atoms with E-state index in [-0.39, 0.29) is 6.61 Å². The molecule has 1 saturated carbocycles. The summed E-state index contributed by atoms with van der Waals surface area (Å²) in [7, 11) is 2.02. The van der Waals surface area contributed by atoms with Crippen LogP contribution in [0.3, 0.4) is 0 Å². The van der Waals surface area contributed by atoms with E-state index in [2.05, 4.69) is 17.2 Å². The summed E-state index contributed by atoms with van der Waals surface area (Å²) in [6.45, 7) is 0.00591. The van der Waals surface area contributed by atoms with Crippen molar-refractivity contribution in [2.45, 2.75) is 31.7 Å². The van der Waals surface area contributed by atoms with Crippen LogP contribution in [-0.2, 0) is 0 Å². The van der Waals surface area contributed by atoms with E-state index in [1.165, 1.54) is 25.7 Å². The molecule has 0 aromatic carbocycles. The van der Waals surface area contributed by atoms with Crippen molar-refractivity contribution in [1.82, 2.24) is 5.32 Å². The lowest BCUT2D eigenvalue weighted by atomic mass is 9.86. The van der Waals surface area contributed by atoms with Crippen LogP contribution in [0.5, 0.6) is 0 Å². The molecule has 2 nitrogen and oxygen atoms in total. The van der Waals surface area contributed by atoms with Gasteiger partial charge in [-0.15, -0.1) is 0 Å².